The molecular weight excluding hydrogens is 1400 g/mol. The summed E-state index contributed by atoms with van der Waals surface area (Å²) in [5.74, 6) is 3.88. The molecule has 4 aliphatic heterocycles. The van der Waals surface area contributed by atoms with Crippen molar-refractivity contribution in [2.45, 2.75) is 343 Å². The van der Waals surface area contributed by atoms with Crippen LogP contribution in [0, 0.1) is 6.92 Å². The first kappa shape index (κ1) is 88.9. The molecule has 4 fully saturated rings. The Hall–Kier alpha value is -6.42. The molecule has 16 heteroatoms. The normalized spacial score (nSPS) is 20.2. The number of ether oxygens (including phenoxy) is 7. The van der Waals surface area contributed by atoms with E-state index in [2.05, 4.69) is 263 Å². The smallest absolute Gasteiger partial charge is 0.489 e. The average molecular weight is 1540 g/mol. The number of hydrogen-bond acceptors (Lipinski definition) is 15. The van der Waals surface area contributed by atoms with Gasteiger partial charge in [0.15, 0.2) is 0 Å². The average Bonchev–Trinajstić information content (AvgIpc) is 0.793. The number of hydroxylamine groups is 8. The summed E-state index contributed by atoms with van der Waals surface area (Å²) in [7, 11) is 0. The molecule has 0 radical (unpaired) electrons. The Morgan fingerprint density at radius 1 is 0.274 bits per heavy atom. The quantitative estimate of drug-likeness (QED) is 0.0213. The minimum Gasteiger partial charge on any atom is -0.489 e. The largest absolute Gasteiger partial charge is 1.00 e. The van der Waals surface area contributed by atoms with E-state index in [-0.39, 0.29) is 101 Å². The van der Waals surface area contributed by atoms with E-state index >= 15 is 0 Å². The molecule has 0 N–H and O–H groups in total. The first-order chi connectivity index (χ1) is 52.9. The van der Waals surface area contributed by atoms with Crippen molar-refractivity contribution in [2.24, 2.45) is 0 Å². The molecule has 0 aromatic heterocycles. The number of benzene rings is 7. The second kappa shape index (κ2) is 37.9. The summed E-state index contributed by atoms with van der Waals surface area (Å²) < 4.78 is 46.5. The van der Waals surface area contributed by atoms with Crippen molar-refractivity contribution < 1.29 is 71.4 Å². The molecule has 0 aliphatic carbocycles. The van der Waals surface area contributed by atoms with Crippen LogP contribution in [0.15, 0.2) is 152 Å². The van der Waals surface area contributed by atoms with Crippen LogP contribution in [0.25, 0.3) is 0 Å². The number of hydrogen-bond donors (Lipinski definition) is 0. The van der Waals surface area contributed by atoms with Crippen LogP contribution < -0.4 is 47.3 Å². The summed E-state index contributed by atoms with van der Waals surface area (Å²) in [5, 5.41) is 8.96. The van der Waals surface area contributed by atoms with E-state index in [1.165, 1.54) is 25.7 Å². The third kappa shape index (κ3) is 23.9. The number of piperidine rings is 4. The molecule has 7 aromatic rings. The minimum atomic E-state index is -0.124. The molecule has 4 saturated heterocycles. The van der Waals surface area contributed by atoms with Gasteiger partial charge in [0.1, 0.15) is 98.6 Å². The van der Waals surface area contributed by atoms with E-state index in [4.69, 9.17) is 52.5 Å². The second-order valence-electron chi connectivity index (χ2n) is 37.5. The fraction of sp³-hybridized carbons (Fsp3) is 0.557. The first-order valence-electron chi connectivity index (χ1n) is 41.7. The maximum absolute atomic E-state index is 6.80. The SMILES string of the molecule is [CH2-]CCCOCc1cc(OCc2cc(OCc3ccc(C(C)ON4C(C)(C)CCCC4(C)C)cc3)cc(OCc3ccc(C(C)ON4C(C)(C)CCCC4(C)C)cc3)c2)cc(OCc2cc(OCc3ccc(C(C)ON4C(C)(C)CCCC4(C)C)cc3)cc(OCc3ccc(C(C)ON4C(C)(C)CCCC4(C)C)cc3)c2)c1.[Li+]. The van der Waals surface area contributed by atoms with Crippen LogP contribution in [0.2, 0.25) is 0 Å². The molecule has 0 spiro atoms. The third-order valence-corrected chi connectivity index (χ3v) is 23.6. The van der Waals surface area contributed by atoms with Crippen molar-refractivity contribution in [1.29, 1.82) is 0 Å². The molecule has 0 saturated carbocycles. The first-order valence-corrected chi connectivity index (χ1v) is 41.7. The Labute approximate surface area is 691 Å². The number of unbranched alkanes of at least 4 members (excludes halogenated alkanes) is 1. The fourth-order valence-corrected chi connectivity index (χ4v) is 17.5. The molecule has 15 nitrogen and oxygen atoms in total. The van der Waals surface area contributed by atoms with Crippen molar-refractivity contribution in [3.05, 3.63) is 220 Å². The molecule has 113 heavy (non-hydrogen) atoms. The van der Waals surface area contributed by atoms with Gasteiger partial charge in [-0.2, -0.15) is 26.7 Å². The van der Waals surface area contributed by atoms with Gasteiger partial charge in [-0.3, -0.25) is 19.4 Å². The van der Waals surface area contributed by atoms with Crippen LogP contribution >= 0.6 is 0 Å². The van der Waals surface area contributed by atoms with E-state index < -0.39 is 0 Å². The van der Waals surface area contributed by atoms with Crippen LogP contribution in [0.1, 0.15) is 314 Å². The van der Waals surface area contributed by atoms with Crippen LogP contribution in [0.5, 0.6) is 34.5 Å². The monoisotopic (exact) mass is 1540 g/mol. The van der Waals surface area contributed by atoms with Crippen LogP contribution in [-0.4, -0.2) is 71.2 Å². The summed E-state index contributed by atoms with van der Waals surface area (Å²) in [6.07, 6.45) is 14.7. The Bertz CT molecular complexity index is 3610. The molecule has 4 heterocycles. The maximum atomic E-state index is 6.80. The summed E-state index contributed by atoms with van der Waals surface area (Å²) in [6.45, 7) is 51.9. The molecule has 4 atom stereocenters. The van der Waals surface area contributed by atoms with E-state index in [0.717, 1.165) is 125 Å². The van der Waals surface area contributed by atoms with Crippen LogP contribution in [-0.2, 0) is 70.3 Å². The van der Waals surface area contributed by atoms with Gasteiger partial charge in [0.25, 0.3) is 0 Å². The zero-order valence-corrected chi connectivity index (χ0v) is 72.8. The molecule has 610 valence electrons. The maximum Gasteiger partial charge on any atom is 1.00 e. The van der Waals surface area contributed by atoms with Crippen molar-refractivity contribution in [1.82, 2.24) is 20.3 Å². The minimum absolute atomic E-state index is 0. The molecule has 4 unspecified atom stereocenters. The predicted molar refractivity (Wildman–Crippen MR) is 449 cm³/mol. The standard InChI is InChI=1S/C97H135N4O11.Li/c1-22-23-52-102-62-77-53-84(107-67-78-55-86(103-63-73-28-36-80(37-29-73)69(2)109-98-90(6,7)44-24-45-91(98,8)9)60-87(56-78)104-64-74-30-38-81(39-31-74)70(3)110-99-92(10,11)46-25-47-93(99,12)13)59-85(54-77)108-68-79-57-88(105-65-75-32-40-82(41-33-75)71(4)111-100-94(14,15)48-26-49-95(100,16)17)61-89(58-79)106-66-76-34-42-83(43-35-76)72(5)112-101-96(18,19)50-27-51-97(101,20)21;/h28-43,53-61,69-72H,1,22-27,44-52,62-68H2,2-21H3;/q-1;+1. The molecule has 4 aliphatic rings. The van der Waals surface area contributed by atoms with Crippen LogP contribution in [0.4, 0.5) is 0 Å². The Kier molecular flexibility index (Phi) is 29.8. The molecule has 0 amide bonds. The van der Waals surface area contributed by atoms with Gasteiger partial charge in [-0.1, -0.05) is 103 Å². The Morgan fingerprint density at radius 2 is 0.460 bits per heavy atom. The predicted octanol–water partition coefficient (Wildman–Crippen LogP) is 21.4. The van der Waals surface area contributed by atoms with E-state index in [1.54, 1.807) is 0 Å². The fourth-order valence-electron chi connectivity index (χ4n) is 17.5. The van der Waals surface area contributed by atoms with Gasteiger partial charge >= 0.3 is 18.9 Å². The van der Waals surface area contributed by atoms with Crippen molar-refractivity contribution in [2.75, 3.05) is 6.61 Å². The Morgan fingerprint density at radius 3 is 0.655 bits per heavy atom. The van der Waals surface area contributed by atoms with Gasteiger partial charge in [0.05, 0.1) is 6.61 Å². The third-order valence-electron chi connectivity index (χ3n) is 23.6. The van der Waals surface area contributed by atoms with Gasteiger partial charge in [0, 0.05) is 69.1 Å². The van der Waals surface area contributed by atoms with Gasteiger partial charge in [-0.05, 0) is 313 Å². The van der Waals surface area contributed by atoms with Gasteiger partial charge in [-0.25, -0.2) is 0 Å². The molecule has 0 bridgehead atoms. The van der Waals surface area contributed by atoms with Crippen molar-refractivity contribution in [3.63, 3.8) is 0 Å². The summed E-state index contributed by atoms with van der Waals surface area (Å²) >= 11 is 0. The topological polar surface area (TPSA) is 114 Å². The zero-order valence-electron chi connectivity index (χ0n) is 72.8. The van der Waals surface area contributed by atoms with E-state index in [9.17, 15) is 0 Å². The van der Waals surface area contributed by atoms with Gasteiger partial charge in [-0.15, -0.1) is 0 Å². The van der Waals surface area contributed by atoms with E-state index in [1.807, 2.05) is 54.6 Å². The number of rotatable bonds is 35. The molecule has 7 aromatic carbocycles. The molecular formula is C97H135LiN4O11. The summed E-state index contributed by atoms with van der Waals surface area (Å²) in [4.78, 5) is 27.1. The zero-order chi connectivity index (χ0) is 80.4. The summed E-state index contributed by atoms with van der Waals surface area (Å²) in [6, 6.07) is 52.3. The van der Waals surface area contributed by atoms with E-state index in [0.29, 0.717) is 74.1 Å². The summed E-state index contributed by atoms with van der Waals surface area (Å²) in [5.41, 5.74) is 10.7. The van der Waals surface area contributed by atoms with Gasteiger partial charge < -0.3 is 40.1 Å². The van der Waals surface area contributed by atoms with Gasteiger partial charge in [0.2, 0.25) is 0 Å². The second-order valence-corrected chi connectivity index (χ2v) is 37.5. The molecule has 11 rings (SSSR count). The Balaban J connectivity index is 0.0000135. The van der Waals surface area contributed by atoms with Crippen molar-refractivity contribution in [3.8, 4) is 34.5 Å². The van der Waals surface area contributed by atoms with Crippen molar-refractivity contribution >= 4 is 0 Å². The van der Waals surface area contributed by atoms with Crippen LogP contribution in [0.3, 0.4) is 0 Å². The number of nitrogens with zero attached hydrogens (tertiary/aromatic N) is 4.